The van der Waals surface area contributed by atoms with Gasteiger partial charge >= 0.3 is 0 Å². The van der Waals surface area contributed by atoms with E-state index in [0.29, 0.717) is 28.4 Å². The molecule has 0 radical (unpaired) electrons. The van der Waals surface area contributed by atoms with Crippen molar-refractivity contribution in [3.63, 3.8) is 0 Å². The van der Waals surface area contributed by atoms with Crippen molar-refractivity contribution in [2.24, 2.45) is 11.8 Å². The highest BCUT2D eigenvalue weighted by atomic mass is 32.2. The molecule has 1 aliphatic rings. The highest BCUT2D eigenvalue weighted by Crippen LogP contribution is 2.30. The second kappa shape index (κ2) is 8.29. The largest absolute Gasteiger partial charge is 0.352 e. The lowest BCUT2D eigenvalue weighted by Crippen LogP contribution is -2.46. The van der Waals surface area contributed by atoms with Gasteiger partial charge in [-0.3, -0.25) is 4.79 Å². The molecular formula is C19H26FN5OS. The van der Waals surface area contributed by atoms with Crippen molar-refractivity contribution in [1.29, 1.82) is 0 Å². The summed E-state index contributed by atoms with van der Waals surface area (Å²) in [5.74, 6) is 7.28. The van der Waals surface area contributed by atoms with Gasteiger partial charge in [0.1, 0.15) is 5.82 Å². The lowest BCUT2D eigenvalue weighted by molar-refractivity contribution is -0.121. The van der Waals surface area contributed by atoms with Crippen LogP contribution < -0.4 is 11.2 Å². The van der Waals surface area contributed by atoms with Gasteiger partial charge in [-0.15, -0.1) is 10.2 Å². The topological polar surface area (TPSA) is 85.8 Å². The summed E-state index contributed by atoms with van der Waals surface area (Å²) in [6.45, 7) is 6.29. The van der Waals surface area contributed by atoms with Gasteiger partial charge < -0.3 is 11.2 Å². The minimum atomic E-state index is -0.345. The van der Waals surface area contributed by atoms with Crippen LogP contribution in [-0.4, -0.2) is 32.1 Å². The zero-order valence-electron chi connectivity index (χ0n) is 15.9. The summed E-state index contributed by atoms with van der Waals surface area (Å²) in [6, 6.07) is 6.10. The molecule has 1 aromatic carbocycles. The van der Waals surface area contributed by atoms with E-state index in [1.807, 2.05) is 6.92 Å². The van der Waals surface area contributed by atoms with Crippen LogP contribution in [0.5, 0.6) is 0 Å². The van der Waals surface area contributed by atoms with E-state index in [1.54, 1.807) is 12.1 Å². The van der Waals surface area contributed by atoms with Crippen molar-refractivity contribution >= 4 is 17.7 Å². The third-order valence-corrected chi connectivity index (χ3v) is 6.51. The molecule has 1 aliphatic carbocycles. The quantitative estimate of drug-likeness (QED) is 0.604. The molecule has 8 heteroatoms. The van der Waals surface area contributed by atoms with E-state index in [2.05, 4.69) is 29.4 Å². The molecule has 0 saturated heterocycles. The maximum Gasteiger partial charge on any atom is 0.233 e. The molecule has 27 heavy (non-hydrogen) atoms. The summed E-state index contributed by atoms with van der Waals surface area (Å²) < 4.78 is 14.4. The number of amides is 1. The number of benzene rings is 1. The predicted molar refractivity (Wildman–Crippen MR) is 105 cm³/mol. The second-order valence-electron chi connectivity index (χ2n) is 7.33. The minimum Gasteiger partial charge on any atom is -0.352 e. The number of nitrogen functional groups attached to an aromatic ring is 1. The van der Waals surface area contributed by atoms with Gasteiger partial charge in [0.15, 0.2) is 5.82 Å². The summed E-state index contributed by atoms with van der Waals surface area (Å²) in [5.41, 5.74) is 0.667. The molecule has 0 spiro atoms. The Morgan fingerprint density at radius 1 is 1.30 bits per heavy atom. The van der Waals surface area contributed by atoms with Gasteiger partial charge in [0.25, 0.3) is 0 Å². The van der Waals surface area contributed by atoms with E-state index in [-0.39, 0.29) is 23.0 Å². The van der Waals surface area contributed by atoms with Crippen molar-refractivity contribution in [3.05, 3.63) is 30.1 Å². The molecule has 1 fully saturated rings. The zero-order chi connectivity index (χ0) is 19.6. The van der Waals surface area contributed by atoms with E-state index in [4.69, 9.17) is 5.84 Å². The van der Waals surface area contributed by atoms with Crippen LogP contribution in [0.4, 0.5) is 4.39 Å². The Morgan fingerprint density at radius 2 is 2.00 bits per heavy atom. The number of hydrogen-bond donors (Lipinski definition) is 2. The molecule has 0 bridgehead atoms. The second-order valence-corrected chi connectivity index (χ2v) is 8.63. The Bertz CT molecular complexity index is 794. The number of thioether (sulfide) groups is 1. The number of carbonyl (C=O) groups excluding carboxylic acids is 1. The molecule has 1 amide bonds. The standard InChI is InChI=1S/C19H26FN5OS/c1-11-5-4-6-16(12(11)2)22-18(26)13(3)27-19-24-23-17(25(19)21)14-7-9-15(20)10-8-14/h7-13,16H,4-6,21H2,1-3H3,(H,22,26)/t11-,12+,13+,16+/m0/s1. The van der Waals surface area contributed by atoms with Crippen LogP contribution in [0.1, 0.15) is 40.0 Å². The van der Waals surface area contributed by atoms with Gasteiger partial charge in [0.05, 0.1) is 5.25 Å². The fourth-order valence-electron chi connectivity index (χ4n) is 3.45. The first-order chi connectivity index (χ1) is 12.9. The van der Waals surface area contributed by atoms with Crippen molar-refractivity contribution in [3.8, 4) is 11.4 Å². The number of rotatable bonds is 5. The lowest BCUT2D eigenvalue weighted by atomic mass is 9.78. The van der Waals surface area contributed by atoms with Gasteiger partial charge in [-0.1, -0.05) is 38.5 Å². The number of hydrogen-bond acceptors (Lipinski definition) is 5. The first-order valence-electron chi connectivity index (χ1n) is 9.30. The molecule has 2 aromatic rings. The molecule has 0 unspecified atom stereocenters. The van der Waals surface area contributed by atoms with E-state index >= 15 is 0 Å². The highest BCUT2D eigenvalue weighted by molar-refractivity contribution is 8.00. The van der Waals surface area contributed by atoms with Crippen LogP contribution in [0.2, 0.25) is 0 Å². The van der Waals surface area contributed by atoms with Gasteiger partial charge in [-0.05, 0) is 49.4 Å². The van der Waals surface area contributed by atoms with Crippen LogP contribution in [-0.2, 0) is 4.79 Å². The Kier molecular flexibility index (Phi) is 6.04. The first-order valence-corrected chi connectivity index (χ1v) is 10.2. The van der Waals surface area contributed by atoms with Crippen molar-refractivity contribution in [1.82, 2.24) is 20.2 Å². The number of nitrogens with one attached hydrogen (secondary N) is 1. The summed E-state index contributed by atoms with van der Waals surface area (Å²) in [4.78, 5) is 12.6. The lowest BCUT2D eigenvalue weighted by Gasteiger charge is -2.35. The molecule has 0 aliphatic heterocycles. The number of carbonyl (C=O) groups is 1. The SMILES string of the molecule is C[C@@H]1[C@@H](C)CCC[C@H]1NC(=O)[C@@H](C)Sc1nnc(-c2ccc(F)cc2)n1N. The number of aromatic nitrogens is 3. The third-order valence-electron chi connectivity index (χ3n) is 5.45. The first kappa shape index (κ1) is 19.7. The third kappa shape index (κ3) is 4.43. The average Bonchev–Trinajstić information content (AvgIpc) is 3.00. The maximum absolute atomic E-state index is 13.1. The van der Waals surface area contributed by atoms with Crippen molar-refractivity contribution in [2.75, 3.05) is 5.84 Å². The normalized spacial score (nSPS) is 23.8. The van der Waals surface area contributed by atoms with Crippen LogP contribution in [0.15, 0.2) is 29.4 Å². The fraction of sp³-hybridized carbons (Fsp3) is 0.526. The summed E-state index contributed by atoms with van der Waals surface area (Å²) in [7, 11) is 0. The van der Waals surface area contributed by atoms with E-state index in [9.17, 15) is 9.18 Å². The molecular weight excluding hydrogens is 365 g/mol. The smallest absolute Gasteiger partial charge is 0.233 e. The number of halogens is 1. The maximum atomic E-state index is 13.1. The molecule has 6 nitrogen and oxygen atoms in total. The summed E-state index contributed by atoms with van der Waals surface area (Å²) in [6.07, 6.45) is 3.40. The number of nitrogens with zero attached hydrogens (tertiary/aromatic N) is 3. The van der Waals surface area contributed by atoms with E-state index < -0.39 is 0 Å². The Labute approximate surface area is 163 Å². The Balaban J connectivity index is 1.64. The van der Waals surface area contributed by atoms with Crippen LogP contribution in [0.25, 0.3) is 11.4 Å². The molecule has 1 aromatic heterocycles. The molecule has 1 saturated carbocycles. The van der Waals surface area contributed by atoms with Crippen LogP contribution >= 0.6 is 11.8 Å². The van der Waals surface area contributed by atoms with Crippen LogP contribution in [0.3, 0.4) is 0 Å². The summed E-state index contributed by atoms with van der Waals surface area (Å²) >= 11 is 1.27. The van der Waals surface area contributed by atoms with E-state index in [0.717, 1.165) is 12.8 Å². The van der Waals surface area contributed by atoms with Gasteiger partial charge in [0, 0.05) is 11.6 Å². The van der Waals surface area contributed by atoms with Gasteiger partial charge in [0.2, 0.25) is 11.1 Å². The highest BCUT2D eigenvalue weighted by Gasteiger charge is 2.30. The van der Waals surface area contributed by atoms with Crippen LogP contribution in [0, 0.1) is 17.7 Å². The predicted octanol–water partition coefficient (Wildman–Crippen LogP) is 3.22. The average molecular weight is 392 g/mol. The molecule has 3 rings (SSSR count). The fourth-order valence-corrected chi connectivity index (χ4v) is 4.23. The molecule has 4 atom stereocenters. The van der Waals surface area contributed by atoms with E-state index in [1.165, 1.54) is 35.0 Å². The zero-order valence-corrected chi connectivity index (χ0v) is 16.7. The monoisotopic (exact) mass is 391 g/mol. The van der Waals surface area contributed by atoms with Crippen molar-refractivity contribution in [2.45, 2.75) is 56.5 Å². The van der Waals surface area contributed by atoms with Crippen molar-refractivity contribution < 1.29 is 9.18 Å². The molecule has 146 valence electrons. The molecule has 3 N–H and O–H groups in total. The van der Waals surface area contributed by atoms with Gasteiger partial charge in [-0.25, -0.2) is 9.07 Å². The summed E-state index contributed by atoms with van der Waals surface area (Å²) in [5, 5.41) is 11.5. The minimum absolute atomic E-state index is 0.0164. The molecule has 1 heterocycles. The number of nitrogens with two attached hydrogens (primary N) is 1. The Hall–Kier alpha value is -2.09. The Morgan fingerprint density at radius 3 is 2.70 bits per heavy atom. The van der Waals surface area contributed by atoms with Gasteiger partial charge in [-0.2, -0.15) is 0 Å².